The Morgan fingerprint density at radius 3 is 2.37 bits per heavy atom. The monoisotopic (exact) mass is 409 g/mol. The fourth-order valence-corrected chi connectivity index (χ4v) is 4.53. The minimum absolute atomic E-state index is 0.239. The second kappa shape index (κ2) is 8.09. The highest BCUT2D eigenvalue weighted by molar-refractivity contribution is 7.89. The zero-order valence-corrected chi connectivity index (χ0v) is 17.1. The molecule has 2 aromatic rings. The van der Waals surface area contributed by atoms with Gasteiger partial charge in [0, 0.05) is 5.88 Å². The van der Waals surface area contributed by atoms with Crippen molar-refractivity contribution < 1.29 is 17.9 Å². The number of hydrogen-bond acceptors (Lipinski definition) is 4. The van der Waals surface area contributed by atoms with Crippen LogP contribution in [0.5, 0.6) is 11.5 Å². The van der Waals surface area contributed by atoms with Crippen LogP contribution in [0.3, 0.4) is 0 Å². The molecule has 0 bridgehead atoms. The minimum atomic E-state index is -3.67. The van der Waals surface area contributed by atoms with E-state index in [0.29, 0.717) is 30.6 Å². The van der Waals surface area contributed by atoms with Crippen molar-refractivity contribution in [1.29, 1.82) is 0 Å². The topological polar surface area (TPSA) is 64.6 Å². The largest absolute Gasteiger partial charge is 0.486 e. The molecule has 0 amide bonds. The Balaban J connectivity index is 1.79. The van der Waals surface area contributed by atoms with Crippen LogP contribution >= 0.6 is 11.6 Å². The number of alkyl halides is 1. The van der Waals surface area contributed by atoms with E-state index in [0.717, 1.165) is 24.0 Å². The van der Waals surface area contributed by atoms with Gasteiger partial charge in [0.05, 0.1) is 10.4 Å². The molecule has 0 unspecified atom stereocenters. The number of benzene rings is 2. The van der Waals surface area contributed by atoms with Crippen LogP contribution in [0, 0.1) is 0 Å². The van der Waals surface area contributed by atoms with E-state index in [-0.39, 0.29) is 4.90 Å². The number of ether oxygens (including phenoxy) is 2. The first-order valence-electron chi connectivity index (χ1n) is 8.91. The summed E-state index contributed by atoms with van der Waals surface area (Å²) in [5.41, 5.74) is 1.06. The van der Waals surface area contributed by atoms with Gasteiger partial charge in [-0.1, -0.05) is 18.2 Å². The molecule has 0 fully saturated rings. The average molecular weight is 410 g/mol. The lowest BCUT2D eigenvalue weighted by molar-refractivity contribution is 0.171. The van der Waals surface area contributed by atoms with Crippen LogP contribution < -0.4 is 14.2 Å². The van der Waals surface area contributed by atoms with Gasteiger partial charge in [-0.3, -0.25) is 0 Å². The smallest absolute Gasteiger partial charge is 0.241 e. The van der Waals surface area contributed by atoms with Gasteiger partial charge in [-0.05, 0) is 62.1 Å². The van der Waals surface area contributed by atoms with Crippen LogP contribution in [-0.2, 0) is 22.0 Å². The van der Waals surface area contributed by atoms with Crippen molar-refractivity contribution in [3.8, 4) is 11.5 Å². The number of aryl methyl sites for hydroxylation is 1. The summed E-state index contributed by atoms with van der Waals surface area (Å²) < 4.78 is 39.6. The molecule has 0 atom stereocenters. The maximum atomic E-state index is 12.8. The van der Waals surface area contributed by atoms with Gasteiger partial charge < -0.3 is 9.47 Å². The molecule has 1 heterocycles. The van der Waals surface area contributed by atoms with Crippen molar-refractivity contribution in [2.75, 3.05) is 19.1 Å². The Morgan fingerprint density at radius 2 is 1.70 bits per heavy atom. The Bertz CT molecular complexity index is 895. The molecule has 27 heavy (non-hydrogen) atoms. The number of rotatable bonds is 7. The Kier molecular flexibility index (Phi) is 5.99. The number of hydrogen-bond donors (Lipinski definition) is 1. The van der Waals surface area contributed by atoms with Crippen LogP contribution in [0.4, 0.5) is 0 Å². The maximum absolute atomic E-state index is 12.8. The molecule has 2 aromatic carbocycles. The first-order valence-corrected chi connectivity index (χ1v) is 10.9. The molecule has 0 spiro atoms. The molecular formula is C20H24ClNO4S. The van der Waals surface area contributed by atoms with Crippen LogP contribution in [0.25, 0.3) is 0 Å². The molecule has 1 aliphatic heterocycles. The number of sulfonamides is 1. The van der Waals surface area contributed by atoms with Gasteiger partial charge >= 0.3 is 0 Å². The van der Waals surface area contributed by atoms with E-state index in [9.17, 15) is 8.42 Å². The summed E-state index contributed by atoms with van der Waals surface area (Å²) in [7, 11) is -3.67. The Morgan fingerprint density at radius 1 is 1.04 bits per heavy atom. The Labute approximate surface area is 165 Å². The maximum Gasteiger partial charge on any atom is 0.241 e. The molecule has 3 rings (SSSR count). The summed E-state index contributed by atoms with van der Waals surface area (Å²) in [4.78, 5) is 0.239. The van der Waals surface area contributed by atoms with E-state index in [1.54, 1.807) is 12.1 Å². The Hall–Kier alpha value is -1.76. The van der Waals surface area contributed by atoms with Gasteiger partial charge in [-0.2, -0.15) is 0 Å². The lowest BCUT2D eigenvalue weighted by Gasteiger charge is -2.28. The molecule has 146 valence electrons. The van der Waals surface area contributed by atoms with Gasteiger partial charge in [0.25, 0.3) is 0 Å². The predicted molar refractivity (Wildman–Crippen MR) is 106 cm³/mol. The van der Waals surface area contributed by atoms with E-state index in [2.05, 4.69) is 4.72 Å². The summed E-state index contributed by atoms with van der Waals surface area (Å²) in [5, 5.41) is 0. The molecule has 0 saturated heterocycles. The van der Waals surface area contributed by atoms with Crippen molar-refractivity contribution in [3.05, 3.63) is 53.6 Å². The average Bonchev–Trinajstić information content (AvgIpc) is 2.65. The van der Waals surface area contributed by atoms with Crippen LogP contribution in [-0.4, -0.2) is 27.5 Å². The summed E-state index contributed by atoms with van der Waals surface area (Å²) in [6, 6.07) is 12.4. The van der Waals surface area contributed by atoms with Crippen LogP contribution in [0.2, 0.25) is 0 Å². The second-order valence-electron chi connectivity index (χ2n) is 7.03. The van der Waals surface area contributed by atoms with E-state index in [1.807, 2.05) is 44.2 Å². The third-order valence-corrected chi connectivity index (χ3v) is 6.43. The third kappa shape index (κ3) is 4.75. The molecule has 1 aliphatic rings. The van der Waals surface area contributed by atoms with E-state index < -0.39 is 15.6 Å². The fraction of sp³-hybridized carbons (Fsp3) is 0.400. The lowest BCUT2D eigenvalue weighted by Crippen LogP contribution is -2.41. The molecule has 7 heteroatoms. The first-order chi connectivity index (χ1) is 12.8. The molecule has 1 N–H and O–H groups in total. The van der Waals surface area contributed by atoms with Gasteiger partial charge in [0.2, 0.25) is 10.0 Å². The molecule has 0 radical (unpaired) electrons. The fourth-order valence-electron chi connectivity index (χ4n) is 2.99. The SMILES string of the molecule is CC(C)(NS(=O)(=O)c1ccc(CCCCl)cc1)c1ccc2c(c1)OCCO2. The van der Waals surface area contributed by atoms with Gasteiger partial charge in [0.1, 0.15) is 13.2 Å². The number of fused-ring (bicyclic) bond motifs is 1. The zero-order chi connectivity index (χ0) is 19.5. The minimum Gasteiger partial charge on any atom is -0.486 e. The second-order valence-corrected chi connectivity index (χ2v) is 9.09. The molecular weight excluding hydrogens is 386 g/mol. The molecule has 5 nitrogen and oxygen atoms in total. The lowest BCUT2D eigenvalue weighted by atomic mass is 9.95. The van der Waals surface area contributed by atoms with E-state index >= 15 is 0 Å². The summed E-state index contributed by atoms with van der Waals surface area (Å²) in [6.45, 7) is 4.65. The van der Waals surface area contributed by atoms with Crippen LogP contribution in [0.1, 0.15) is 31.4 Å². The molecule has 0 aromatic heterocycles. The van der Waals surface area contributed by atoms with Crippen molar-refractivity contribution in [3.63, 3.8) is 0 Å². The molecule has 0 saturated carbocycles. The van der Waals surface area contributed by atoms with E-state index in [1.165, 1.54) is 0 Å². The quantitative estimate of drug-likeness (QED) is 0.705. The standard InChI is InChI=1S/C20H24ClNO4S/c1-20(2,16-7-10-18-19(14-16)26-13-12-25-18)22-27(23,24)17-8-5-15(6-9-17)4-3-11-21/h5-10,14,22H,3-4,11-13H2,1-2H3. The highest BCUT2D eigenvalue weighted by Crippen LogP contribution is 2.34. The highest BCUT2D eigenvalue weighted by atomic mass is 35.5. The molecule has 0 aliphatic carbocycles. The van der Waals surface area contributed by atoms with Crippen LogP contribution in [0.15, 0.2) is 47.4 Å². The summed E-state index contributed by atoms with van der Waals surface area (Å²) in [6.07, 6.45) is 1.70. The van der Waals surface area contributed by atoms with Gasteiger partial charge in [0.15, 0.2) is 11.5 Å². The number of nitrogens with one attached hydrogen (secondary N) is 1. The van der Waals surface area contributed by atoms with Crippen molar-refractivity contribution in [2.24, 2.45) is 0 Å². The summed E-state index contributed by atoms with van der Waals surface area (Å²) in [5.74, 6) is 1.90. The van der Waals surface area contributed by atoms with Gasteiger partial charge in [-0.15, -0.1) is 11.6 Å². The normalized spacial score (nSPS) is 14.2. The first kappa shape index (κ1) is 20.0. The summed E-state index contributed by atoms with van der Waals surface area (Å²) >= 11 is 5.71. The van der Waals surface area contributed by atoms with Gasteiger partial charge in [-0.25, -0.2) is 13.1 Å². The van der Waals surface area contributed by atoms with Crippen molar-refractivity contribution in [1.82, 2.24) is 4.72 Å². The van der Waals surface area contributed by atoms with Crippen molar-refractivity contribution >= 4 is 21.6 Å². The third-order valence-electron chi connectivity index (χ3n) is 4.49. The highest BCUT2D eigenvalue weighted by Gasteiger charge is 2.29. The zero-order valence-electron chi connectivity index (χ0n) is 15.5. The number of halogens is 1. The van der Waals surface area contributed by atoms with E-state index in [4.69, 9.17) is 21.1 Å². The predicted octanol–water partition coefficient (Wildman–Crippen LogP) is 3.84. The van der Waals surface area contributed by atoms with Crippen molar-refractivity contribution in [2.45, 2.75) is 37.1 Å².